The first-order valence-electron chi connectivity index (χ1n) is 21.0. The molecule has 3 N–H and O–H groups in total. The van der Waals surface area contributed by atoms with Crippen LogP contribution in [0.25, 0.3) is 28.1 Å². The number of aromatic nitrogens is 2. The summed E-state index contributed by atoms with van der Waals surface area (Å²) in [6.45, 7) is 21.5. The van der Waals surface area contributed by atoms with Crippen LogP contribution < -0.4 is 217 Å². The van der Waals surface area contributed by atoms with Crippen molar-refractivity contribution in [3.63, 3.8) is 0 Å². The summed E-state index contributed by atoms with van der Waals surface area (Å²) in [5.41, 5.74) is 7.81. The number of nitrogens with one attached hydrogen (secondary N) is 3. The number of imidazole rings is 1. The van der Waals surface area contributed by atoms with Gasteiger partial charge in [0.2, 0.25) is 0 Å². The Morgan fingerprint density at radius 3 is 2.14 bits per heavy atom. The van der Waals surface area contributed by atoms with Crippen LogP contribution in [0.3, 0.4) is 0 Å². The van der Waals surface area contributed by atoms with Gasteiger partial charge in [-0.05, 0) is 85.7 Å². The number of hydrogen-bond acceptors (Lipinski definition) is 9. The molecule has 15 heteroatoms. The zero-order valence-electron chi connectivity index (χ0n) is 40.9. The Kier molecular flexibility index (Phi) is 32.9. The van der Waals surface area contributed by atoms with Crippen LogP contribution >= 0.6 is 0 Å². The summed E-state index contributed by atoms with van der Waals surface area (Å²) in [5, 5.41) is 5.91. The number of H-pyrrole nitrogens is 1. The van der Waals surface area contributed by atoms with E-state index in [0.717, 1.165) is 83.8 Å². The monoisotopic (exact) mass is 1240 g/mol. The number of carbonyl (C=O) groups excluding carboxylic acids is 3. The largest absolute Gasteiger partial charge is 1.00 e. The second-order valence-corrected chi connectivity index (χ2v) is 17.2. The van der Waals surface area contributed by atoms with Crippen LogP contribution in [0, 0.1) is 45.4 Å². The third-order valence-electron chi connectivity index (χ3n) is 11.9. The minimum absolute atomic E-state index is 0. The molecule has 6 rings (SSSR count). The molecule has 3 aliphatic rings. The summed E-state index contributed by atoms with van der Waals surface area (Å²) in [7, 11) is 3.48. The van der Waals surface area contributed by atoms with E-state index in [2.05, 4.69) is 113 Å². The number of alkyl carbamates (subject to hydrolysis) is 1. The molecule has 2 aliphatic carbocycles. The van der Waals surface area contributed by atoms with Gasteiger partial charge in [-0.25, -0.2) is 9.78 Å². The van der Waals surface area contributed by atoms with E-state index in [1.54, 1.807) is 0 Å². The Balaban J connectivity index is 0.00000221. The fraction of sp³-hybridized carbons (Fsp3) is 0.490. The number of unbranched alkanes of at least 4 members (excludes halogenated alkanes) is 2. The maximum Gasteiger partial charge on any atom is 1.00 e. The number of carbonyl (C=O) groups is 3. The molecule has 2 aromatic carbocycles. The van der Waals surface area contributed by atoms with Gasteiger partial charge in [0.1, 0.15) is 12.1 Å². The van der Waals surface area contributed by atoms with Crippen LogP contribution in [-0.2, 0) is 19.1 Å². The number of ether oxygens (including phenoxy) is 2. The summed E-state index contributed by atoms with van der Waals surface area (Å²) in [6.07, 6.45) is 11.2. The predicted molar refractivity (Wildman–Crippen MR) is 248 cm³/mol. The first-order valence-corrected chi connectivity index (χ1v) is 21.0. The molecule has 12 nitrogen and oxygen atoms in total. The average Bonchev–Trinajstić information content (AvgIpc) is 4.06. The molecular weight excluding hydrogens is 1170 g/mol. The number of nitrogens with zero attached hydrogens (tertiary/aromatic N) is 4. The quantitative estimate of drug-likeness (QED) is 0.0614. The maximum atomic E-state index is 12.2. The van der Waals surface area contributed by atoms with Gasteiger partial charge in [0, 0.05) is 38.3 Å². The minimum Gasteiger partial charge on any atom is -0.453 e. The summed E-state index contributed by atoms with van der Waals surface area (Å²) >= 11 is 0. The smallest absolute Gasteiger partial charge is 0.453 e. The van der Waals surface area contributed by atoms with Gasteiger partial charge >= 0.3 is 213 Å². The minimum atomic E-state index is -0.573. The molecule has 2 atom stereocenters. The fourth-order valence-corrected chi connectivity index (χ4v) is 7.57. The maximum absolute atomic E-state index is 12.2. The molecule has 2 amide bonds. The number of rotatable bonds is 20. The van der Waals surface area contributed by atoms with E-state index in [1.807, 2.05) is 24.9 Å². The van der Waals surface area contributed by atoms with E-state index in [4.69, 9.17) is 9.72 Å². The summed E-state index contributed by atoms with van der Waals surface area (Å²) in [6, 6.07) is 17.0. The molecule has 2 unspecified atom stereocenters. The number of amides is 2. The third kappa shape index (κ3) is 20.1. The molecule has 2 saturated carbocycles. The van der Waals surface area contributed by atoms with Crippen molar-refractivity contribution in [2.45, 2.75) is 84.2 Å². The third-order valence-corrected chi connectivity index (χ3v) is 11.9. The van der Waals surface area contributed by atoms with Crippen molar-refractivity contribution in [1.29, 1.82) is 0 Å². The van der Waals surface area contributed by atoms with Gasteiger partial charge in [0.25, 0.3) is 0 Å². The molecule has 1 aromatic heterocycles. The zero-order valence-corrected chi connectivity index (χ0v) is 59.7. The summed E-state index contributed by atoms with van der Waals surface area (Å²) in [5.74, 6) is 1.03. The number of aliphatic imine (C=N–C) groups is 1. The van der Waals surface area contributed by atoms with E-state index in [0.29, 0.717) is 44.0 Å². The number of likely N-dealkylation sites (tertiary alicyclic amines) is 1. The molecule has 1 spiro atoms. The molecular formula is C49H71Cs3N7O5-. The SMILES string of the molecule is C=N/C(=C(/COCCCC[CH2-])NCCN(CC1(C)CC1)C([CH2-])=O)c1ccc(-c2ccc(-c3cnc(C4CC5(CC5)CN4C)[nH]3)cc2)cc1.COC(=O)NC(C=O)C(C)C.[CH3-].[CH3-].[Cs+].[Cs+].[Cs+]. The van der Waals surface area contributed by atoms with Crippen LogP contribution in [0.5, 0.6) is 0 Å². The number of aldehydes is 1. The Hall–Kier alpha value is 1.22. The zero-order chi connectivity index (χ0) is 42.6. The first-order chi connectivity index (χ1) is 28.3. The van der Waals surface area contributed by atoms with E-state index in [1.165, 1.54) is 32.9 Å². The number of aromatic amines is 1. The van der Waals surface area contributed by atoms with E-state index >= 15 is 0 Å². The molecule has 3 aromatic rings. The second kappa shape index (κ2) is 32.2. The number of benzene rings is 2. The van der Waals surface area contributed by atoms with Crippen LogP contribution in [0.2, 0.25) is 0 Å². The molecule has 2 heterocycles. The van der Waals surface area contributed by atoms with Crippen molar-refractivity contribution in [1.82, 2.24) is 30.4 Å². The first kappa shape index (κ1) is 65.2. The normalized spacial score (nSPS) is 16.8. The topological polar surface area (TPSA) is 141 Å². The Morgan fingerprint density at radius 2 is 1.64 bits per heavy atom. The van der Waals surface area contributed by atoms with Gasteiger partial charge < -0.3 is 68.3 Å². The fourth-order valence-electron chi connectivity index (χ4n) is 7.57. The molecule has 336 valence electrons. The second-order valence-electron chi connectivity index (χ2n) is 17.2. The van der Waals surface area contributed by atoms with Gasteiger partial charge in [-0.1, -0.05) is 75.7 Å². The molecule has 64 heavy (non-hydrogen) atoms. The van der Waals surface area contributed by atoms with E-state index in [9.17, 15) is 14.4 Å². The summed E-state index contributed by atoms with van der Waals surface area (Å²) < 4.78 is 10.4. The molecule has 3 fully saturated rings. The summed E-state index contributed by atoms with van der Waals surface area (Å²) in [4.78, 5) is 50.3. The molecule has 1 saturated heterocycles. The molecule has 0 radical (unpaired) electrons. The van der Waals surface area contributed by atoms with Crippen molar-refractivity contribution >= 4 is 30.7 Å². The Labute approximate surface area is 562 Å². The van der Waals surface area contributed by atoms with E-state index < -0.39 is 12.1 Å². The van der Waals surface area contributed by atoms with Crippen molar-refractivity contribution in [2.75, 3.05) is 53.6 Å². The van der Waals surface area contributed by atoms with Gasteiger partial charge in [-0.15, -0.1) is 0 Å². The number of hydrogen-bond donors (Lipinski definition) is 3. The van der Waals surface area contributed by atoms with Crippen LogP contribution in [0.1, 0.15) is 89.6 Å². The van der Waals surface area contributed by atoms with Crippen molar-refractivity contribution in [3.05, 3.63) is 101 Å². The molecule has 0 bridgehead atoms. The Bertz CT molecular complexity index is 1900. The van der Waals surface area contributed by atoms with E-state index in [-0.39, 0.29) is 239 Å². The van der Waals surface area contributed by atoms with Gasteiger partial charge in [0.05, 0.1) is 55.0 Å². The van der Waals surface area contributed by atoms with Crippen LogP contribution in [-0.4, -0.2) is 104 Å². The van der Waals surface area contributed by atoms with Gasteiger partial charge in [-0.2, -0.15) is 6.42 Å². The van der Waals surface area contributed by atoms with Gasteiger partial charge in [-0.3, -0.25) is 9.89 Å². The average molecular weight is 1240 g/mol. The van der Waals surface area contributed by atoms with Gasteiger partial charge in [0.15, 0.2) is 0 Å². The van der Waals surface area contributed by atoms with Crippen molar-refractivity contribution < 1.29 is 231 Å². The predicted octanol–water partition coefficient (Wildman–Crippen LogP) is -0.178. The Morgan fingerprint density at radius 1 is 1.03 bits per heavy atom. The van der Waals surface area contributed by atoms with Crippen LogP contribution in [0.4, 0.5) is 4.79 Å². The van der Waals surface area contributed by atoms with Crippen molar-refractivity contribution in [2.24, 2.45) is 21.7 Å². The standard InChI is InChI=1S/C40H52N6O2.C7H13NO3.2CH3.3Cs/c1-6-7-8-23-48-26-35(42-21-22-46(29(2)47)27-39(3)17-18-39)37(41-4)33-15-11-31(12-16-33)30-9-13-32(14-10-30)34-25-43-38(44-34)36-24-40(19-20-40)28-45(36)5;1-5(2)6(4-9)8-7(10)11-3;;;;;/h9-16,25,36,42H,1-2,4,6-8,17-24,26-28H2,3,5H3,(H,43,44);4-6H,1-3H3,(H,8,10);2*1H3;;;/q-2;;2*-1;3*+1/b37-35-;;;;;;. The van der Waals surface area contributed by atoms with Crippen LogP contribution in [0.15, 0.2) is 65.4 Å². The number of methoxy groups -OCH3 is 1. The molecule has 1 aliphatic heterocycles. The van der Waals surface area contributed by atoms with Crippen molar-refractivity contribution in [3.8, 4) is 22.4 Å².